The van der Waals surface area contributed by atoms with Crippen LogP contribution in [0.4, 0.5) is 0 Å². The third-order valence-electron chi connectivity index (χ3n) is 9.37. The summed E-state index contributed by atoms with van der Waals surface area (Å²) >= 11 is 0. The largest absolute Gasteiger partial charge is 0.756 e. The average Bonchev–Trinajstić information content (AvgIpc) is 3.27. The molecule has 0 bridgehead atoms. The molecule has 0 aromatic carbocycles. The summed E-state index contributed by atoms with van der Waals surface area (Å²) in [6.45, 7) is 3.84. The Labute approximate surface area is 402 Å². The van der Waals surface area contributed by atoms with Gasteiger partial charge in [0.2, 0.25) is 0 Å². The zero-order chi connectivity index (χ0) is 48.5. The van der Waals surface area contributed by atoms with Gasteiger partial charge in [-0.25, -0.2) is 0 Å². The lowest BCUT2D eigenvalue weighted by atomic mass is 10.1. The van der Waals surface area contributed by atoms with Crippen LogP contribution in [0.3, 0.4) is 0 Å². The summed E-state index contributed by atoms with van der Waals surface area (Å²) in [5.74, 6) is -0.976. The highest BCUT2D eigenvalue weighted by Crippen LogP contribution is 2.38. The molecule has 10 heteroatoms. The summed E-state index contributed by atoms with van der Waals surface area (Å²) in [5.41, 5.74) is 0. The molecular weight excluding hydrogens is 846 g/mol. The minimum Gasteiger partial charge on any atom is -0.756 e. The van der Waals surface area contributed by atoms with Crippen LogP contribution in [0, 0.1) is 0 Å². The van der Waals surface area contributed by atoms with Crippen molar-refractivity contribution in [2.24, 2.45) is 0 Å². The standard InChI is InChI=1S/C56H88NO8P/c1-6-8-10-12-14-16-18-20-21-22-23-24-25-26-27-28-29-30-31-32-33-34-35-37-39-41-43-45-47-49-56(59)65-54(53-64-66(60,61)63-51-50-57(3,4)5)52-62-55(58)48-46-44-42-40-38-36-19-17-15-13-11-9-7-2/h8-11,14-17,20-21,23-24,26-27,29-30,32-33,35-38,42,44,54H,6-7,12-13,18-19,22,25,28,31,34,39-41,43,45-53H2,1-5H3/b10-8-,11-9-,16-14-,17-15-,21-20-,24-23-,27-26-,30-29-,33-32-,37-35-,38-36-,44-42-. The average molecular weight is 934 g/mol. The first kappa shape index (κ1) is 61.9. The molecule has 0 heterocycles. The van der Waals surface area contributed by atoms with Gasteiger partial charge in [-0.3, -0.25) is 14.2 Å². The summed E-state index contributed by atoms with van der Waals surface area (Å²) in [6, 6.07) is 0. The lowest BCUT2D eigenvalue weighted by molar-refractivity contribution is -0.870. The highest BCUT2D eigenvalue weighted by Gasteiger charge is 2.21. The Morgan fingerprint density at radius 3 is 1.26 bits per heavy atom. The molecule has 0 fully saturated rings. The van der Waals surface area contributed by atoms with Crippen LogP contribution in [0.5, 0.6) is 0 Å². The van der Waals surface area contributed by atoms with Crippen LogP contribution in [0.1, 0.15) is 142 Å². The van der Waals surface area contributed by atoms with E-state index < -0.39 is 32.5 Å². The number of likely N-dealkylation sites (N-methyl/N-ethyl adjacent to an activating group) is 1. The second kappa shape index (κ2) is 46.0. The Balaban J connectivity index is 4.39. The molecule has 0 aliphatic carbocycles. The van der Waals surface area contributed by atoms with Crippen molar-refractivity contribution in [3.05, 3.63) is 146 Å². The molecule has 0 aliphatic rings. The van der Waals surface area contributed by atoms with Gasteiger partial charge in [0.15, 0.2) is 6.10 Å². The molecule has 370 valence electrons. The third kappa shape index (κ3) is 49.3. The van der Waals surface area contributed by atoms with Gasteiger partial charge < -0.3 is 27.9 Å². The van der Waals surface area contributed by atoms with E-state index in [0.717, 1.165) is 103 Å². The number of carbonyl (C=O) groups is 2. The van der Waals surface area contributed by atoms with Crippen LogP contribution < -0.4 is 4.89 Å². The maximum Gasteiger partial charge on any atom is 0.306 e. The fraction of sp³-hybridized carbons (Fsp3) is 0.536. The summed E-state index contributed by atoms with van der Waals surface area (Å²) in [7, 11) is 1.08. The van der Waals surface area contributed by atoms with E-state index in [0.29, 0.717) is 23.9 Å². The molecule has 0 aromatic rings. The van der Waals surface area contributed by atoms with Crippen molar-refractivity contribution in [1.82, 2.24) is 0 Å². The highest BCUT2D eigenvalue weighted by molar-refractivity contribution is 7.45. The first-order valence-corrected chi connectivity index (χ1v) is 26.0. The number of ether oxygens (including phenoxy) is 2. The van der Waals surface area contributed by atoms with E-state index in [1.807, 2.05) is 33.3 Å². The van der Waals surface area contributed by atoms with Gasteiger partial charge in [-0.15, -0.1) is 0 Å². The number of phosphoric acid groups is 1. The number of allylic oxidation sites excluding steroid dienone is 24. The number of rotatable bonds is 42. The van der Waals surface area contributed by atoms with Gasteiger partial charge in [0.05, 0.1) is 27.7 Å². The fourth-order valence-corrected chi connectivity index (χ4v) is 6.35. The molecule has 0 rings (SSSR count). The van der Waals surface area contributed by atoms with Gasteiger partial charge in [0, 0.05) is 12.8 Å². The number of unbranched alkanes of at least 4 members (excludes halogenated alkanes) is 4. The van der Waals surface area contributed by atoms with E-state index in [1.165, 1.54) is 0 Å². The maximum atomic E-state index is 12.7. The topological polar surface area (TPSA) is 111 Å². The summed E-state index contributed by atoms with van der Waals surface area (Å²) in [6.07, 6.45) is 67.6. The molecule has 0 N–H and O–H groups in total. The Morgan fingerprint density at radius 2 is 0.848 bits per heavy atom. The van der Waals surface area contributed by atoms with Crippen LogP contribution >= 0.6 is 7.82 Å². The molecule has 0 aliphatic heterocycles. The zero-order valence-electron chi connectivity index (χ0n) is 41.6. The molecule has 0 spiro atoms. The monoisotopic (exact) mass is 934 g/mol. The second-order valence-corrected chi connectivity index (χ2v) is 18.1. The first-order valence-electron chi connectivity index (χ1n) is 24.5. The van der Waals surface area contributed by atoms with Gasteiger partial charge in [0.1, 0.15) is 19.8 Å². The number of nitrogens with zero attached hydrogens (tertiary/aromatic N) is 1. The third-order valence-corrected chi connectivity index (χ3v) is 10.3. The summed E-state index contributed by atoms with van der Waals surface area (Å²) in [4.78, 5) is 37.6. The van der Waals surface area contributed by atoms with Crippen molar-refractivity contribution < 1.29 is 42.1 Å². The lowest BCUT2D eigenvalue weighted by Crippen LogP contribution is -2.37. The molecule has 0 radical (unpaired) electrons. The minimum absolute atomic E-state index is 0.0560. The predicted molar refractivity (Wildman–Crippen MR) is 277 cm³/mol. The van der Waals surface area contributed by atoms with Crippen molar-refractivity contribution in [3.8, 4) is 0 Å². The Hall–Kier alpha value is -4.11. The minimum atomic E-state index is -4.66. The van der Waals surface area contributed by atoms with Gasteiger partial charge >= 0.3 is 11.9 Å². The van der Waals surface area contributed by atoms with E-state index in [9.17, 15) is 19.0 Å². The van der Waals surface area contributed by atoms with Gasteiger partial charge in [0.25, 0.3) is 7.82 Å². The van der Waals surface area contributed by atoms with Crippen molar-refractivity contribution >= 4 is 19.8 Å². The van der Waals surface area contributed by atoms with Crippen molar-refractivity contribution in [2.45, 2.75) is 148 Å². The van der Waals surface area contributed by atoms with E-state index >= 15 is 0 Å². The number of carbonyl (C=O) groups excluding carboxylic acids is 2. The van der Waals surface area contributed by atoms with E-state index in [4.69, 9.17) is 18.5 Å². The molecule has 9 nitrogen and oxygen atoms in total. The number of esters is 2. The number of hydrogen-bond donors (Lipinski definition) is 0. The summed E-state index contributed by atoms with van der Waals surface area (Å²) in [5, 5.41) is 0. The van der Waals surface area contributed by atoms with Gasteiger partial charge in [-0.2, -0.15) is 0 Å². The van der Waals surface area contributed by atoms with Crippen molar-refractivity contribution in [3.63, 3.8) is 0 Å². The first-order chi connectivity index (χ1) is 32.0. The van der Waals surface area contributed by atoms with E-state index in [2.05, 4.69) is 148 Å². The SMILES string of the molecule is CC/C=C\C/C=C\C/C=C\C/C=C\C/C=C\C/C=C\C/C=C\C/C=C\CCCCCCC(=O)OC(COC(=O)CC/C=C\C/C=C\C/C=C\C/C=C\CC)COP(=O)([O-])OCC[N+](C)(C)C. The molecule has 0 saturated heterocycles. The van der Waals surface area contributed by atoms with E-state index in [-0.39, 0.29) is 26.1 Å². The van der Waals surface area contributed by atoms with Crippen molar-refractivity contribution in [2.75, 3.05) is 47.5 Å². The predicted octanol–water partition coefficient (Wildman–Crippen LogP) is 14.2. The second-order valence-electron chi connectivity index (χ2n) is 16.7. The molecular formula is C56H88NO8P. The number of phosphoric ester groups is 1. The van der Waals surface area contributed by atoms with Gasteiger partial charge in [-0.05, 0) is 103 Å². The summed E-state index contributed by atoms with van der Waals surface area (Å²) < 4.78 is 33.8. The smallest absolute Gasteiger partial charge is 0.306 e. The van der Waals surface area contributed by atoms with Crippen LogP contribution in [0.15, 0.2) is 146 Å². The molecule has 2 atom stereocenters. The lowest BCUT2D eigenvalue weighted by Gasteiger charge is -2.28. The Kier molecular flexibility index (Phi) is 43.2. The number of hydrogen-bond acceptors (Lipinski definition) is 8. The van der Waals surface area contributed by atoms with Crippen molar-refractivity contribution in [1.29, 1.82) is 0 Å². The number of quaternary nitrogens is 1. The molecule has 0 aromatic heterocycles. The molecule has 66 heavy (non-hydrogen) atoms. The van der Waals surface area contributed by atoms with Crippen LogP contribution in [0.2, 0.25) is 0 Å². The van der Waals surface area contributed by atoms with Crippen LogP contribution in [-0.4, -0.2) is 70.0 Å². The normalized spacial score (nSPS) is 14.7. The fourth-order valence-electron chi connectivity index (χ4n) is 5.62. The molecule has 2 unspecified atom stereocenters. The highest BCUT2D eigenvalue weighted by atomic mass is 31.2. The van der Waals surface area contributed by atoms with Crippen LogP contribution in [-0.2, 0) is 32.7 Å². The quantitative estimate of drug-likeness (QED) is 0.0196. The molecule has 0 amide bonds. The Morgan fingerprint density at radius 1 is 0.470 bits per heavy atom. The van der Waals surface area contributed by atoms with Gasteiger partial charge in [-0.1, -0.05) is 173 Å². The van der Waals surface area contributed by atoms with E-state index in [1.54, 1.807) is 0 Å². The molecule has 0 saturated carbocycles. The zero-order valence-corrected chi connectivity index (χ0v) is 42.5. The van der Waals surface area contributed by atoms with Crippen LogP contribution in [0.25, 0.3) is 0 Å². The maximum absolute atomic E-state index is 12.7. The Bertz CT molecular complexity index is 1620.